The Bertz CT molecular complexity index is 1130. The Morgan fingerprint density at radius 1 is 1.12 bits per heavy atom. The lowest BCUT2D eigenvalue weighted by Crippen LogP contribution is -2.52. The van der Waals surface area contributed by atoms with Crippen molar-refractivity contribution in [2.75, 3.05) is 17.1 Å². The van der Waals surface area contributed by atoms with Crippen LogP contribution in [0.1, 0.15) is 38.3 Å². The zero-order valence-electron chi connectivity index (χ0n) is 20.0. The second kappa shape index (κ2) is 12.0. The maximum Gasteiger partial charge on any atom is 0.244 e. The minimum Gasteiger partial charge on any atom is -0.352 e. The Morgan fingerprint density at radius 3 is 2.26 bits per heavy atom. The van der Waals surface area contributed by atoms with Crippen LogP contribution in [-0.4, -0.2) is 50.0 Å². The monoisotopic (exact) mass is 571 g/mol. The summed E-state index contributed by atoms with van der Waals surface area (Å²) < 4.78 is 27.1. The minimum absolute atomic E-state index is 0.0539. The second-order valence-corrected chi connectivity index (χ2v) is 11.6. The van der Waals surface area contributed by atoms with Crippen LogP contribution in [0.4, 0.5) is 5.69 Å². The number of carbonyl (C=O) groups excluding carboxylic acids is 2. The molecule has 0 radical (unpaired) electrons. The molecule has 2 aromatic rings. The average Bonchev–Trinajstić information content (AvgIpc) is 2.77. The van der Waals surface area contributed by atoms with Gasteiger partial charge in [-0.3, -0.25) is 13.9 Å². The van der Waals surface area contributed by atoms with Crippen LogP contribution in [0.5, 0.6) is 0 Å². The molecule has 2 atom stereocenters. The quantitative estimate of drug-likeness (QED) is 0.454. The van der Waals surface area contributed by atoms with Crippen LogP contribution in [0, 0.1) is 6.92 Å². The van der Waals surface area contributed by atoms with Crippen LogP contribution in [0.3, 0.4) is 0 Å². The van der Waals surface area contributed by atoms with Crippen molar-refractivity contribution in [3.63, 3.8) is 0 Å². The summed E-state index contributed by atoms with van der Waals surface area (Å²) in [5, 5.41) is 3.29. The minimum atomic E-state index is -3.80. The zero-order valence-corrected chi connectivity index (χ0v) is 23.2. The summed E-state index contributed by atoms with van der Waals surface area (Å²) in [6, 6.07) is 11.3. The Balaban J connectivity index is 2.39. The second-order valence-electron chi connectivity index (χ2n) is 8.35. The van der Waals surface area contributed by atoms with Gasteiger partial charge in [-0.15, -0.1) is 0 Å². The fourth-order valence-electron chi connectivity index (χ4n) is 3.19. The van der Waals surface area contributed by atoms with Gasteiger partial charge in [-0.25, -0.2) is 8.42 Å². The van der Waals surface area contributed by atoms with Crippen molar-refractivity contribution in [2.24, 2.45) is 0 Å². The number of amides is 2. The molecule has 186 valence electrons. The van der Waals surface area contributed by atoms with E-state index >= 15 is 0 Å². The molecule has 0 heterocycles. The van der Waals surface area contributed by atoms with Crippen LogP contribution < -0.4 is 9.62 Å². The van der Waals surface area contributed by atoms with Crippen molar-refractivity contribution >= 4 is 55.1 Å². The summed E-state index contributed by atoms with van der Waals surface area (Å²) in [5.41, 5.74) is 1.88. The molecule has 0 spiro atoms. The maximum absolute atomic E-state index is 13.5. The summed E-state index contributed by atoms with van der Waals surface area (Å²) in [5.74, 6) is -0.805. The van der Waals surface area contributed by atoms with Gasteiger partial charge in [-0.05, 0) is 62.6 Å². The number of rotatable bonds is 10. The maximum atomic E-state index is 13.5. The highest BCUT2D eigenvalue weighted by atomic mass is 79.9. The van der Waals surface area contributed by atoms with Gasteiger partial charge in [-0.2, -0.15) is 0 Å². The molecule has 10 heteroatoms. The van der Waals surface area contributed by atoms with Gasteiger partial charge in [0, 0.05) is 22.1 Å². The lowest BCUT2D eigenvalue weighted by molar-refractivity contribution is -0.139. The van der Waals surface area contributed by atoms with Gasteiger partial charge in [0.2, 0.25) is 21.8 Å². The lowest BCUT2D eigenvalue weighted by Gasteiger charge is -2.32. The Labute approximate surface area is 215 Å². The van der Waals surface area contributed by atoms with Crippen LogP contribution in [0.15, 0.2) is 46.9 Å². The van der Waals surface area contributed by atoms with Gasteiger partial charge >= 0.3 is 0 Å². The molecule has 0 saturated heterocycles. The summed E-state index contributed by atoms with van der Waals surface area (Å²) in [6.45, 7) is 6.97. The van der Waals surface area contributed by atoms with Crippen LogP contribution in [0.25, 0.3) is 0 Å². The summed E-state index contributed by atoms with van der Waals surface area (Å²) in [4.78, 5) is 27.8. The van der Waals surface area contributed by atoms with E-state index in [2.05, 4.69) is 21.2 Å². The van der Waals surface area contributed by atoms with E-state index in [1.54, 1.807) is 26.0 Å². The molecular weight excluding hydrogens is 542 g/mol. The third kappa shape index (κ3) is 7.71. The van der Waals surface area contributed by atoms with E-state index in [1.807, 2.05) is 38.1 Å². The standard InChI is InChI=1S/C24H31BrClN3O4S/c1-6-17(3)27-24(31)18(4)28(14-19-8-10-20(25)11-9-19)23(30)15-29(34(5,32)33)21-12-7-16(2)22(26)13-21/h7-13,17-18H,6,14-15H2,1-5H3,(H,27,31)/t17-,18-/m1/s1. The number of hydrogen-bond donors (Lipinski definition) is 1. The molecule has 34 heavy (non-hydrogen) atoms. The summed E-state index contributed by atoms with van der Waals surface area (Å²) >= 11 is 9.60. The molecule has 2 rings (SSSR count). The third-order valence-electron chi connectivity index (χ3n) is 5.56. The fourth-order valence-corrected chi connectivity index (χ4v) is 4.47. The first-order valence-corrected chi connectivity index (χ1v) is 13.9. The molecule has 0 aliphatic heterocycles. The summed E-state index contributed by atoms with van der Waals surface area (Å²) in [6.07, 6.45) is 1.78. The smallest absolute Gasteiger partial charge is 0.244 e. The highest BCUT2D eigenvalue weighted by Gasteiger charge is 2.30. The topological polar surface area (TPSA) is 86.8 Å². The molecule has 0 aliphatic carbocycles. The normalized spacial score (nSPS) is 13.1. The van der Waals surface area contributed by atoms with Crippen molar-refractivity contribution in [3.8, 4) is 0 Å². The number of hydrogen-bond acceptors (Lipinski definition) is 4. The van der Waals surface area contributed by atoms with Gasteiger partial charge < -0.3 is 10.2 Å². The molecular formula is C24H31BrClN3O4S. The number of halogens is 2. The predicted octanol–water partition coefficient (Wildman–Crippen LogP) is 4.51. The molecule has 7 nitrogen and oxygen atoms in total. The number of nitrogens with one attached hydrogen (secondary N) is 1. The van der Waals surface area contributed by atoms with Crippen LogP contribution in [0.2, 0.25) is 5.02 Å². The number of nitrogens with zero attached hydrogens (tertiary/aromatic N) is 2. The largest absolute Gasteiger partial charge is 0.352 e. The predicted molar refractivity (Wildman–Crippen MR) is 140 cm³/mol. The zero-order chi connectivity index (χ0) is 25.6. The SMILES string of the molecule is CC[C@@H](C)NC(=O)[C@@H](C)N(Cc1ccc(Br)cc1)C(=O)CN(c1ccc(C)c(Cl)c1)S(C)(=O)=O. The van der Waals surface area contributed by atoms with E-state index in [0.29, 0.717) is 5.02 Å². The molecule has 0 bridgehead atoms. The van der Waals surface area contributed by atoms with Crippen LogP contribution >= 0.6 is 27.5 Å². The van der Waals surface area contributed by atoms with Crippen molar-refractivity contribution in [1.82, 2.24) is 10.2 Å². The molecule has 0 aliphatic rings. The first-order valence-electron chi connectivity index (χ1n) is 10.9. The Morgan fingerprint density at radius 2 is 1.74 bits per heavy atom. The van der Waals surface area contributed by atoms with Gasteiger partial charge in [0.15, 0.2) is 0 Å². The number of anilines is 1. The van der Waals surface area contributed by atoms with E-state index < -0.39 is 28.5 Å². The Hall–Kier alpha value is -2.10. The molecule has 0 fully saturated rings. The molecule has 2 amide bonds. The fraction of sp³-hybridized carbons (Fsp3) is 0.417. The van der Waals surface area contributed by atoms with E-state index in [9.17, 15) is 18.0 Å². The first-order chi connectivity index (χ1) is 15.8. The van der Waals surface area contributed by atoms with Gasteiger partial charge in [0.25, 0.3) is 0 Å². The first kappa shape index (κ1) is 28.1. The number of benzene rings is 2. The highest BCUT2D eigenvalue weighted by molar-refractivity contribution is 9.10. The van der Waals surface area contributed by atoms with E-state index in [-0.39, 0.29) is 24.2 Å². The van der Waals surface area contributed by atoms with Gasteiger partial charge in [0.05, 0.1) is 11.9 Å². The highest BCUT2D eigenvalue weighted by Crippen LogP contribution is 2.25. The number of aryl methyl sites for hydroxylation is 1. The van der Waals surface area contributed by atoms with Crippen molar-refractivity contribution < 1.29 is 18.0 Å². The Kier molecular flexibility index (Phi) is 9.96. The molecule has 0 unspecified atom stereocenters. The van der Waals surface area contributed by atoms with Crippen molar-refractivity contribution in [3.05, 3.63) is 63.1 Å². The lowest BCUT2D eigenvalue weighted by atomic mass is 10.1. The van der Waals surface area contributed by atoms with Crippen molar-refractivity contribution in [2.45, 2.75) is 52.7 Å². The average molecular weight is 573 g/mol. The molecule has 2 aromatic carbocycles. The molecule has 0 saturated carbocycles. The van der Waals surface area contributed by atoms with Gasteiger partial charge in [-0.1, -0.05) is 52.7 Å². The molecule has 1 N–H and O–H groups in total. The van der Waals surface area contributed by atoms with E-state index in [4.69, 9.17) is 11.6 Å². The van der Waals surface area contributed by atoms with E-state index in [1.165, 1.54) is 11.0 Å². The number of carbonyl (C=O) groups is 2. The molecule has 0 aromatic heterocycles. The van der Waals surface area contributed by atoms with Crippen LogP contribution in [-0.2, 0) is 26.2 Å². The third-order valence-corrected chi connectivity index (χ3v) is 7.63. The summed E-state index contributed by atoms with van der Waals surface area (Å²) in [7, 11) is -3.80. The number of sulfonamides is 1. The van der Waals surface area contributed by atoms with Gasteiger partial charge in [0.1, 0.15) is 12.6 Å². The van der Waals surface area contributed by atoms with Crippen molar-refractivity contribution in [1.29, 1.82) is 0 Å². The van der Waals surface area contributed by atoms with E-state index in [0.717, 1.165) is 32.6 Å².